The van der Waals surface area contributed by atoms with Crippen molar-refractivity contribution in [2.45, 2.75) is 62.8 Å². The highest BCUT2D eigenvalue weighted by molar-refractivity contribution is 7.89. The van der Waals surface area contributed by atoms with Crippen LogP contribution in [0.3, 0.4) is 0 Å². The highest BCUT2D eigenvalue weighted by Gasteiger charge is 2.51. The van der Waals surface area contributed by atoms with Gasteiger partial charge in [0.15, 0.2) is 0 Å². The molecule has 1 aromatic heterocycles. The average molecular weight is 628 g/mol. The van der Waals surface area contributed by atoms with Crippen LogP contribution >= 0.6 is 23.2 Å². The van der Waals surface area contributed by atoms with E-state index in [2.05, 4.69) is 15.3 Å². The minimum absolute atomic E-state index is 0.0103. The van der Waals surface area contributed by atoms with Gasteiger partial charge in [0, 0.05) is 24.6 Å². The number of carbonyl (C=O) groups is 1. The van der Waals surface area contributed by atoms with E-state index in [1.165, 1.54) is 61.3 Å². The Morgan fingerprint density at radius 1 is 0.952 bits per heavy atom. The first-order chi connectivity index (χ1) is 20.2. The second-order valence-corrected chi connectivity index (χ2v) is 15.3. The van der Waals surface area contributed by atoms with E-state index in [9.17, 15) is 13.2 Å². The molecule has 11 heteroatoms. The lowest BCUT2D eigenvalue weighted by Gasteiger charge is -2.56. The molecule has 0 saturated heterocycles. The van der Waals surface area contributed by atoms with Gasteiger partial charge < -0.3 is 10.1 Å². The number of fused-ring (bicyclic) bond motifs is 1. The lowest BCUT2D eigenvalue weighted by atomic mass is 9.49. The van der Waals surface area contributed by atoms with Crippen molar-refractivity contribution in [3.8, 4) is 11.5 Å². The summed E-state index contributed by atoms with van der Waals surface area (Å²) in [5.41, 5.74) is 1.57. The molecule has 4 saturated carbocycles. The Labute approximate surface area is 255 Å². The van der Waals surface area contributed by atoms with Crippen molar-refractivity contribution in [1.82, 2.24) is 14.3 Å². The van der Waals surface area contributed by atoms with Crippen molar-refractivity contribution in [1.29, 1.82) is 0 Å². The highest BCUT2D eigenvalue weighted by Crippen LogP contribution is 2.61. The van der Waals surface area contributed by atoms with Gasteiger partial charge >= 0.3 is 0 Å². The molecule has 1 aliphatic heterocycles. The third kappa shape index (κ3) is 5.41. The number of aromatic nitrogens is 2. The molecular formula is C31H32Cl2N4O4S. The number of hydrogen-bond acceptors (Lipinski definition) is 6. The predicted octanol–water partition coefficient (Wildman–Crippen LogP) is 6.87. The van der Waals surface area contributed by atoms with Gasteiger partial charge in [-0.25, -0.2) is 18.4 Å². The molecule has 4 fully saturated rings. The maximum atomic E-state index is 13.5. The van der Waals surface area contributed by atoms with Crippen LogP contribution in [0.5, 0.6) is 11.5 Å². The summed E-state index contributed by atoms with van der Waals surface area (Å²) < 4.78 is 34.2. The van der Waals surface area contributed by atoms with Crippen LogP contribution in [0.1, 0.15) is 56.2 Å². The molecule has 0 spiro atoms. The molecule has 1 N–H and O–H groups in total. The normalized spacial score (nSPS) is 26.6. The summed E-state index contributed by atoms with van der Waals surface area (Å²) >= 11 is 12.0. The molecule has 42 heavy (non-hydrogen) atoms. The monoisotopic (exact) mass is 626 g/mol. The third-order valence-electron chi connectivity index (χ3n) is 9.52. The number of nitrogens with zero attached hydrogens (tertiary/aromatic N) is 3. The quantitative estimate of drug-likeness (QED) is 0.307. The van der Waals surface area contributed by atoms with Crippen LogP contribution in [0.25, 0.3) is 0 Å². The fraction of sp³-hybridized carbons (Fsp3) is 0.452. The molecule has 3 aromatic rings. The van der Waals surface area contributed by atoms with Crippen molar-refractivity contribution < 1.29 is 17.9 Å². The van der Waals surface area contributed by atoms with E-state index in [4.69, 9.17) is 27.9 Å². The van der Waals surface area contributed by atoms with Gasteiger partial charge in [0.1, 0.15) is 23.6 Å². The molecule has 4 aliphatic carbocycles. The fourth-order valence-electron chi connectivity index (χ4n) is 8.17. The molecule has 4 bridgehead atoms. The Hall–Kier alpha value is -2.72. The van der Waals surface area contributed by atoms with Crippen molar-refractivity contribution in [2.24, 2.45) is 23.2 Å². The number of anilines is 1. The van der Waals surface area contributed by atoms with Gasteiger partial charge in [-0.1, -0.05) is 23.2 Å². The second-order valence-electron chi connectivity index (χ2n) is 12.5. The summed E-state index contributed by atoms with van der Waals surface area (Å²) in [6, 6.07) is 11.2. The maximum Gasteiger partial charge on any atom is 0.243 e. The van der Waals surface area contributed by atoms with Crippen molar-refractivity contribution in [2.75, 3.05) is 11.9 Å². The first-order valence-electron chi connectivity index (χ1n) is 14.5. The zero-order valence-electron chi connectivity index (χ0n) is 23.1. The largest absolute Gasteiger partial charge is 0.457 e. The predicted molar refractivity (Wildman–Crippen MR) is 160 cm³/mol. The summed E-state index contributed by atoms with van der Waals surface area (Å²) in [6.07, 6.45) is 9.91. The molecule has 2 heterocycles. The first-order valence-corrected chi connectivity index (χ1v) is 16.7. The van der Waals surface area contributed by atoms with E-state index in [1.807, 2.05) is 0 Å². The van der Waals surface area contributed by atoms with Crippen LogP contribution in [0.4, 0.5) is 5.82 Å². The molecule has 8 rings (SSSR count). The van der Waals surface area contributed by atoms with Gasteiger partial charge in [-0.3, -0.25) is 4.79 Å². The molecule has 5 aliphatic rings. The number of hydrogen-bond donors (Lipinski definition) is 1. The number of rotatable bonds is 7. The molecule has 2 aromatic carbocycles. The Balaban J connectivity index is 1.02. The van der Waals surface area contributed by atoms with Gasteiger partial charge in [-0.15, -0.1) is 0 Å². The van der Waals surface area contributed by atoms with Crippen LogP contribution in [0.2, 0.25) is 10.0 Å². The highest BCUT2D eigenvalue weighted by atomic mass is 35.5. The third-order valence-corrected chi connectivity index (χ3v) is 12.1. The van der Waals surface area contributed by atoms with E-state index in [1.54, 1.807) is 30.3 Å². The van der Waals surface area contributed by atoms with Gasteiger partial charge in [0.2, 0.25) is 15.9 Å². The number of sulfonamides is 1. The number of ether oxygens (including phenoxy) is 1. The van der Waals surface area contributed by atoms with Crippen molar-refractivity contribution >= 4 is 45.0 Å². The van der Waals surface area contributed by atoms with Crippen LogP contribution in [-0.2, 0) is 27.8 Å². The van der Waals surface area contributed by atoms with Crippen LogP contribution in [-0.4, -0.2) is 35.1 Å². The van der Waals surface area contributed by atoms with E-state index in [-0.39, 0.29) is 29.3 Å². The number of halogens is 2. The number of amides is 1. The Morgan fingerprint density at radius 2 is 1.62 bits per heavy atom. The number of carbonyl (C=O) groups excluding carboxylic acids is 1. The SMILES string of the molecule is O=C(CC12CC3CC(CC(C3)C1)C2)Nc1ncnc2c1CCN(S(=O)(=O)c1ccc(Oc3ccc(Cl)c(Cl)c3)cc1)C2. The van der Waals surface area contributed by atoms with Gasteiger partial charge in [0.25, 0.3) is 0 Å². The van der Waals surface area contributed by atoms with Crippen LogP contribution in [0, 0.1) is 23.2 Å². The van der Waals surface area contributed by atoms with Crippen LogP contribution < -0.4 is 10.1 Å². The van der Waals surface area contributed by atoms with Crippen LogP contribution in [0.15, 0.2) is 53.7 Å². The molecular weight excluding hydrogens is 595 g/mol. The summed E-state index contributed by atoms with van der Waals surface area (Å²) in [7, 11) is -3.78. The fourth-order valence-corrected chi connectivity index (χ4v) is 9.86. The standard InChI is InChI=1S/C31H32Cl2N4O4S/c32-26-6-3-23(12-27(26)33)41-22-1-4-24(5-2-22)42(39,40)37-8-7-25-28(17-37)34-18-35-30(25)36-29(38)16-31-13-19-9-20(14-31)11-21(10-19)15-31/h1-6,12,18-21H,7-11,13-17H2,(H,34,35,36,38). The number of benzene rings is 2. The van der Waals surface area contributed by atoms with E-state index in [0.29, 0.717) is 45.9 Å². The molecule has 220 valence electrons. The van der Waals surface area contributed by atoms with Gasteiger partial charge in [-0.2, -0.15) is 4.31 Å². The molecule has 0 radical (unpaired) electrons. The second kappa shape index (κ2) is 10.8. The lowest BCUT2D eigenvalue weighted by molar-refractivity contribution is -0.124. The summed E-state index contributed by atoms with van der Waals surface area (Å²) in [4.78, 5) is 22.2. The Kier molecular flexibility index (Phi) is 7.20. The Bertz CT molecular complexity index is 1610. The van der Waals surface area contributed by atoms with Crippen molar-refractivity contribution in [3.05, 3.63) is 70.1 Å². The zero-order valence-corrected chi connectivity index (χ0v) is 25.4. The average Bonchev–Trinajstić information content (AvgIpc) is 2.94. The smallest absolute Gasteiger partial charge is 0.243 e. The first kappa shape index (κ1) is 28.1. The lowest BCUT2D eigenvalue weighted by Crippen LogP contribution is -2.47. The molecule has 1 amide bonds. The zero-order chi connectivity index (χ0) is 29.1. The van der Waals surface area contributed by atoms with Crippen molar-refractivity contribution in [3.63, 3.8) is 0 Å². The van der Waals surface area contributed by atoms with Gasteiger partial charge in [-0.05, 0) is 105 Å². The molecule has 0 atom stereocenters. The van der Waals surface area contributed by atoms with E-state index >= 15 is 0 Å². The molecule has 8 nitrogen and oxygen atoms in total. The summed E-state index contributed by atoms with van der Waals surface area (Å²) in [5.74, 6) is 3.85. The summed E-state index contributed by atoms with van der Waals surface area (Å²) in [6.45, 7) is 0.377. The number of nitrogens with one attached hydrogen (secondary N) is 1. The van der Waals surface area contributed by atoms with Gasteiger partial charge in [0.05, 0.1) is 27.2 Å². The topological polar surface area (TPSA) is 101 Å². The maximum absolute atomic E-state index is 13.5. The Morgan fingerprint density at radius 3 is 2.29 bits per heavy atom. The van der Waals surface area contributed by atoms with E-state index in [0.717, 1.165) is 23.3 Å². The molecule has 0 unspecified atom stereocenters. The minimum atomic E-state index is -3.78. The summed E-state index contributed by atoms with van der Waals surface area (Å²) in [5, 5.41) is 3.87. The minimum Gasteiger partial charge on any atom is -0.457 e. The van der Waals surface area contributed by atoms with E-state index < -0.39 is 10.0 Å².